The van der Waals surface area contributed by atoms with Crippen molar-refractivity contribution in [3.63, 3.8) is 0 Å². The summed E-state index contributed by atoms with van der Waals surface area (Å²) in [5.74, 6) is -0.459. The van der Waals surface area contributed by atoms with Crippen LogP contribution in [0.2, 0.25) is 10.0 Å². The average Bonchev–Trinajstić information content (AvgIpc) is 2.33. The van der Waals surface area contributed by atoms with E-state index in [1.165, 1.54) is 4.90 Å². The largest absolute Gasteiger partial charge is 0.352 e. The number of hydrogen-bond donors (Lipinski definition) is 1. The van der Waals surface area contributed by atoms with Crippen LogP contribution in [0, 0.1) is 0 Å². The summed E-state index contributed by atoms with van der Waals surface area (Å²) >= 11 is 11.8. The molecule has 0 spiro atoms. The lowest BCUT2D eigenvalue weighted by Gasteiger charge is -2.21. The van der Waals surface area contributed by atoms with Gasteiger partial charge in [-0.05, 0) is 39.0 Å². The zero-order valence-corrected chi connectivity index (χ0v) is 13.3. The van der Waals surface area contributed by atoms with E-state index in [4.69, 9.17) is 23.2 Å². The molecule has 2 amide bonds. The summed E-state index contributed by atoms with van der Waals surface area (Å²) in [6, 6.07) is 4.68. The number of hydrogen-bond acceptors (Lipinski definition) is 2. The normalized spacial score (nSPS) is 10.5. The summed E-state index contributed by atoms with van der Waals surface area (Å²) in [6.45, 7) is 5.98. The Balaban J connectivity index is 2.83. The van der Waals surface area contributed by atoms with Crippen molar-refractivity contribution in [3.05, 3.63) is 33.8 Å². The van der Waals surface area contributed by atoms with Gasteiger partial charge in [-0.1, -0.05) is 23.2 Å². The maximum Gasteiger partial charge on any atom is 0.254 e. The van der Waals surface area contributed by atoms with Gasteiger partial charge in [0.25, 0.3) is 5.91 Å². The number of carbonyl (C=O) groups excluding carboxylic acids is 2. The lowest BCUT2D eigenvalue weighted by Crippen LogP contribution is -2.42. The predicted octanol–water partition coefficient (Wildman–Crippen LogP) is 2.98. The number of carbonyl (C=O) groups is 2. The van der Waals surface area contributed by atoms with Gasteiger partial charge in [-0.25, -0.2) is 0 Å². The molecule has 0 radical (unpaired) electrons. The van der Waals surface area contributed by atoms with Crippen LogP contribution in [-0.2, 0) is 4.79 Å². The minimum Gasteiger partial charge on any atom is -0.352 e. The van der Waals surface area contributed by atoms with Crippen molar-refractivity contribution in [2.24, 2.45) is 0 Å². The second-order valence-electron chi connectivity index (χ2n) is 4.70. The Morgan fingerprint density at radius 3 is 2.20 bits per heavy atom. The Morgan fingerprint density at radius 2 is 1.75 bits per heavy atom. The number of nitrogens with one attached hydrogen (secondary N) is 1. The van der Waals surface area contributed by atoms with Gasteiger partial charge in [0.05, 0.1) is 6.54 Å². The van der Waals surface area contributed by atoms with Crippen LogP contribution in [0.25, 0.3) is 0 Å². The molecule has 110 valence electrons. The molecular formula is C14H18Cl2N2O2. The van der Waals surface area contributed by atoms with E-state index in [9.17, 15) is 9.59 Å². The monoisotopic (exact) mass is 316 g/mol. The molecule has 4 nitrogen and oxygen atoms in total. The molecule has 0 aliphatic rings. The van der Waals surface area contributed by atoms with Crippen molar-refractivity contribution in [1.82, 2.24) is 10.2 Å². The van der Waals surface area contributed by atoms with Crippen LogP contribution in [0.1, 0.15) is 31.1 Å². The van der Waals surface area contributed by atoms with Crippen LogP contribution in [-0.4, -0.2) is 35.8 Å². The van der Waals surface area contributed by atoms with E-state index in [-0.39, 0.29) is 24.4 Å². The Bertz CT molecular complexity index is 484. The fraction of sp³-hybridized carbons (Fsp3) is 0.429. The first-order valence-corrected chi connectivity index (χ1v) is 7.13. The van der Waals surface area contributed by atoms with Crippen molar-refractivity contribution >= 4 is 35.0 Å². The lowest BCUT2D eigenvalue weighted by atomic mass is 10.2. The number of benzene rings is 1. The molecule has 0 saturated carbocycles. The van der Waals surface area contributed by atoms with Gasteiger partial charge in [0.15, 0.2) is 0 Å². The van der Waals surface area contributed by atoms with Crippen LogP contribution in [0.3, 0.4) is 0 Å². The average molecular weight is 317 g/mol. The van der Waals surface area contributed by atoms with Crippen molar-refractivity contribution in [1.29, 1.82) is 0 Å². The Kier molecular flexibility index (Phi) is 6.30. The standard InChI is InChI=1S/C14H18Cl2N2O2/c1-4-18(8-13(19)17-9(2)3)14(20)10-5-11(15)7-12(16)6-10/h5-7,9H,4,8H2,1-3H3,(H,17,19). The van der Waals surface area contributed by atoms with Crippen molar-refractivity contribution in [2.75, 3.05) is 13.1 Å². The zero-order chi connectivity index (χ0) is 15.3. The van der Waals surface area contributed by atoms with Crippen molar-refractivity contribution < 1.29 is 9.59 Å². The van der Waals surface area contributed by atoms with Gasteiger partial charge in [-0.3, -0.25) is 9.59 Å². The van der Waals surface area contributed by atoms with E-state index in [0.717, 1.165) is 0 Å². The van der Waals surface area contributed by atoms with Crippen LogP contribution in [0.5, 0.6) is 0 Å². The van der Waals surface area contributed by atoms with Crippen LogP contribution in [0.15, 0.2) is 18.2 Å². The molecule has 0 aliphatic heterocycles. The van der Waals surface area contributed by atoms with Gasteiger partial charge in [0.2, 0.25) is 5.91 Å². The molecule has 0 bridgehead atoms. The third-order valence-electron chi connectivity index (χ3n) is 2.56. The number of rotatable bonds is 5. The van der Waals surface area contributed by atoms with E-state index in [2.05, 4.69) is 5.32 Å². The Morgan fingerprint density at radius 1 is 1.20 bits per heavy atom. The Labute approximate surface area is 129 Å². The highest BCUT2D eigenvalue weighted by Crippen LogP contribution is 2.20. The van der Waals surface area contributed by atoms with Crippen LogP contribution >= 0.6 is 23.2 Å². The molecule has 6 heteroatoms. The minimum absolute atomic E-state index is 0.0116. The van der Waals surface area contributed by atoms with Crippen molar-refractivity contribution in [3.8, 4) is 0 Å². The third kappa shape index (κ3) is 5.02. The molecule has 20 heavy (non-hydrogen) atoms. The van der Waals surface area contributed by atoms with Gasteiger partial charge in [-0.2, -0.15) is 0 Å². The van der Waals surface area contributed by atoms with Gasteiger partial charge >= 0.3 is 0 Å². The number of nitrogens with zero attached hydrogens (tertiary/aromatic N) is 1. The van der Waals surface area contributed by atoms with Gasteiger partial charge in [0, 0.05) is 28.2 Å². The van der Waals surface area contributed by atoms with Gasteiger partial charge in [0.1, 0.15) is 0 Å². The molecule has 1 N–H and O–H groups in total. The number of amides is 2. The molecule has 0 unspecified atom stereocenters. The zero-order valence-electron chi connectivity index (χ0n) is 11.7. The quantitative estimate of drug-likeness (QED) is 0.907. The van der Waals surface area contributed by atoms with Gasteiger partial charge in [-0.15, -0.1) is 0 Å². The minimum atomic E-state index is -0.268. The summed E-state index contributed by atoms with van der Waals surface area (Å²) in [5, 5.41) is 3.54. The van der Waals surface area contributed by atoms with Crippen molar-refractivity contribution in [2.45, 2.75) is 26.8 Å². The summed E-state index contributed by atoms with van der Waals surface area (Å²) in [5.41, 5.74) is 0.377. The second-order valence-corrected chi connectivity index (χ2v) is 5.57. The molecule has 0 heterocycles. The van der Waals surface area contributed by atoms with E-state index >= 15 is 0 Å². The first-order valence-electron chi connectivity index (χ1n) is 6.38. The fourth-order valence-corrected chi connectivity index (χ4v) is 2.25. The summed E-state index contributed by atoms with van der Waals surface area (Å²) in [4.78, 5) is 25.5. The molecule has 1 aromatic rings. The molecule has 0 aliphatic carbocycles. The van der Waals surface area contributed by atoms with E-state index < -0.39 is 0 Å². The summed E-state index contributed by atoms with van der Waals surface area (Å²) < 4.78 is 0. The highest BCUT2D eigenvalue weighted by molar-refractivity contribution is 6.35. The van der Waals surface area contributed by atoms with E-state index in [1.54, 1.807) is 18.2 Å². The molecule has 0 aromatic heterocycles. The first-order chi connectivity index (χ1) is 9.33. The van der Waals surface area contributed by atoms with Crippen LogP contribution in [0.4, 0.5) is 0 Å². The maximum atomic E-state index is 12.3. The number of halogens is 2. The van der Waals surface area contributed by atoms with Crippen LogP contribution < -0.4 is 5.32 Å². The summed E-state index contributed by atoms with van der Waals surface area (Å²) in [7, 11) is 0. The second kappa shape index (κ2) is 7.50. The third-order valence-corrected chi connectivity index (χ3v) is 3.00. The molecule has 0 fully saturated rings. The van der Waals surface area contributed by atoms with Gasteiger partial charge < -0.3 is 10.2 Å². The molecule has 0 atom stereocenters. The smallest absolute Gasteiger partial charge is 0.254 e. The van der Waals surface area contributed by atoms with E-state index in [0.29, 0.717) is 22.2 Å². The molecule has 0 saturated heterocycles. The number of likely N-dealkylation sites (N-methyl/N-ethyl adjacent to an activating group) is 1. The Hall–Kier alpha value is -1.26. The predicted molar refractivity (Wildman–Crippen MR) is 81.3 cm³/mol. The molecule has 1 aromatic carbocycles. The first kappa shape index (κ1) is 16.8. The topological polar surface area (TPSA) is 49.4 Å². The lowest BCUT2D eigenvalue weighted by molar-refractivity contribution is -0.122. The fourth-order valence-electron chi connectivity index (χ4n) is 1.73. The summed E-state index contributed by atoms with van der Waals surface area (Å²) in [6.07, 6.45) is 0. The molecular weight excluding hydrogens is 299 g/mol. The maximum absolute atomic E-state index is 12.3. The SMILES string of the molecule is CCN(CC(=O)NC(C)C)C(=O)c1cc(Cl)cc(Cl)c1. The van der Waals surface area contributed by atoms with E-state index in [1.807, 2.05) is 20.8 Å². The molecule has 1 rings (SSSR count). The highest BCUT2D eigenvalue weighted by Gasteiger charge is 2.18. The highest BCUT2D eigenvalue weighted by atomic mass is 35.5.